The zero-order valence-electron chi connectivity index (χ0n) is 9.53. The molecular formula is C13H13BrN2O. The average molecular weight is 293 g/mol. The molecule has 1 aliphatic carbocycles. The number of fused-ring (bicyclic) bond motifs is 1. The fraction of sp³-hybridized carbons (Fsp3) is 0.308. The van der Waals surface area contributed by atoms with Crippen molar-refractivity contribution in [3.05, 3.63) is 34.4 Å². The van der Waals surface area contributed by atoms with Crippen molar-refractivity contribution in [2.45, 2.75) is 18.9 Å². The smallest absolute Gasteiger partial charge is 0.253 e. The highest BCUT2D eigenvalue weighted by atomic mass is 79.9. The van der Waals surface area contributed by atoms with Crippen LogP contribution in [0.2, 0.25) is 0 Å². The summed E-state index contributed by atoms with van der Waals surface area (Å²) in [5, 5.41) is 4.03. The largest absolute Gasteiger partial charge is 0.350 e. The van der Waals surface area contributed by atoms with E-state index in [1.54, 1.807) is 0 Å². The third-order valence-corrected chi connectivity index (χ3v) is 3.60. The van der Waals surface area contributed by atoms with Gasteiger partial charge in [-0.3, -0.25) is 4.79 Å². The second-order valence-electron chi connectivity index (χ2n) is 4.56. The van der Waals surface area contributed by atoms with Crippen LogP contribution in [0.4, 0.5) is 0 Å². The molecule has 3 nitrogen and oxygen atoms in total. The average Bonchev–Trinajstić information content (AvgIpc) is 3.04. The Balaban J connectivity index is 2.06. The molecule has 0 spiro atoms. The maximum absolute atomic E-state index is 12.1. The Kier molecular flexibility index (Phi) is 2.47. The number of hydrogen-bond acceptors (Lipinski definition) is 1. The fourth-order valence-corrected chi connectivity index (χ4v) is 2.38. The minimum absolute atomic E-state index is 0.0421. The van der Waals surface area contributed by atoms with E-state index >= 15 is 0 Å². The predicted octanol–water partition coefficient (Wildman–Crippen LogP) is 2.83. The number of benzene rings is 1. The van der Waals surface area contributed by atoms with Crippen molar-refractivity contribution in [3.8, 4) is 0 Å². The SMILES string of the molecule is Cn1cc(C(=O)NC2CC2)c2ccc(Br)cc21. The Bertz CT molecular complexity index is 599. The Morgan fingerprint density at radius 3 is 2.94 bits per heavy atom. The molecule has 1 amide bonds. The van der Waals surface area contributed by atoms with Crippen LogP contribution in [-0.4, -0.2) is 16.5 Å². The van der Waals surface area contributed by atoms with Crippen molar-refractivity contribution >= 4 is 32.7 Å². The molecule has 0 saturated heterocycles. The molecule has 88 valence electrons. The molecule has 1 aliphatic rings. The second kappa shape index (κ2) is 3.88. The lowest BCUT2D eigenvalue weighted by molar-refractivity contribution is 0.0952. The normalized spacial score (nSPS) is 15.2. The lowest BCUT2D eigenvalue weighted by Gasteiger charge is -2.01. The molecule has 2 aromatic rings. The van der Waals surface area contributed by atoms with Crippen molar-refractivity contribution in [2.24, 2.45) is 7.05 Å². The molecule has 1 aromatic carbocycles. The summed E-state index contributed by atoms with van der Waals surface area (Å²) in [6.45, 7) is 0. The minimum Gasteiger partial charge on any atom is -0.350 e. The van der Waals surface area contributed by atoms with Gasteiger partial charge in [0, 0.05) is 34.7 Å². The summed E-state index contributed by atoms with van der Waals surface area (Å²) in [4.78, 5) is 12.1. The fourth-order valence-electron chi connectivity index (χ4n) is 2.03. The van der Waals surface area contributed by atoms with E-state index in [0.717, 1.165) is 33.8 Å². The summed E-state index contributed by atoms with van der Waals surface area (Å²) in [5.41, 5.74) is 1.84. The van der Waals surface area contributed by atoms with Gasteiger partial charge >= 0.3 is 0 Å². The van der Waals surface area contributed by atoms with E-state index in [4.69, 9.17) is 0 Å². The molecule has 0 radical (unpaired) electrons. The molecule has 1 saturated carbocycles. The number of rotatable bonds is 2. The first-order chi connectivity index (χ1) is 8.15. The molecule has 1 fully saturated rings. The van der Waals surface area contributed by atoms with Crippen molar-refractivity contribution < 1.29 is 4.79 Å². The first-order valence-corrected chi connectivity index (χ1v) is 6.50. The van der Waals surface area contributed by atoms with E-state index in [2.05, 4.69) is 21.2 Å². The van der Waals surface area contributed by atoms with Crippen molar-refractivity contribution in [2.75, 3.05) is 0 Å². The van der Waals surface area contributed by atoms with Crippen molar-refractivity contribution in [1.82, 2.24) is 9.88 Å². The summed E-state index contributed by atoms with van der Waals surface area (Å²) >= 11 is 3.45. The van der Waals surface area contributed by atoms with E-state index in [0.29, 0.717) is 6.04 Å². The Labute approximate surface area is 108 Å². The van der Waals surface area contributed by atoms with E-state index in [-0.39, 0.29) is 5.91 Å². The highest BCUT2D eigenvalue weighted by Gasteiger charge is 2.25. The minimum atomic E-state index is 0.0421. The lowest BCUT2D eigenvalue weighted by atomic mass is 10.1. The van der Waals surface area contributed by atoms with Gasteiger partial charge in [-0.2, -0.15) is 0 Å². The van der Waals surface area contributed by atoms with Crippen LogP contribution in [0, 0.1) is 0 Å². The van der Waals surface area contributed by atoms with Gasteiger partial charge in [-0.1, -0.05) is 22.0 Å². The molecular weight excluding hydrogens is 280 g/mol. The van der Waals surface area contributed by atoms with E-state index in [9.17, 15) is 4.79 Å². The van der Waals surface area contributed by atoms with Crippen molar-refractivity contribution in [1.29, 1.82) is 0 Å². The molecule has 0 aliphatic heterocycles. The monoisotopic (exact) mass is 292 g/mol. The maximum Gasteiger partial charge on any atom is 0.253 e. The van der Waals surface area contributed by atoms with Crippen LogP contribution in [0.5, 0.6) is 0 Å². The van der Waals surface area contributed by atoms with Gasteiger partial charge in [-0.15, -0.1) is 0 Å². The van der Waals surface area contributed by atoms with Crippen LogP contribution in [0.15, 0.2) is 28.9 Å². The van der Waals surface area contributed by atoms with Gasteiger partial charge in [0.15, 0.2) is 0 Å². The number of aromatic nitrogens is 1. The lowest BCUT2D eigenvalue weighted by Crippen LogP contribution is -2.25. The highest BCUT2D eigenvalue weighted by Crippen LogP contribution is 2.25. The summed E-state index contributed by atoms with van der Waals surface area (Å²) in [6.07, 6.45) is 4.12. The Morgan fingerprint density at radius 1 is 1.47 bits per heavy atom. The summed E-state index contributed by atoms with van der Waals surface area (Å²) < 4.78 is 3.02. The zero-order chi connectivity index (χ0) is 12.0. The number of amides is 1. The van der Waals surface area contributed by atoms with Crippen LogP contribution in [-0.2, 0) is 7.05 Å². The van der Waals surface area contributed by atoms with E-state index in [1.807, 2.05) is 36.0 Å². The molecule has 3 rings (SSSR count). The summed E-state index contributed by atoms with van der Waals surface area (Å²) in [5.74, 6) is 0.0421. The molecule has 17 heavy (non-hydrogen) atoms. The predicted molar refractivity (Wildman–Crippen MR) is 71.1 cm³/mol. The molecule has 4 heteroatoms. The maximum atomic E-state index is 12.1. The van der Waals surface area contributed by atoms with Gasteiger partial charge in [-0.25, -0.2) is 0 Å². The number of carbonyl (C=O) groups is 1. The van der Waals surface area contributed by atoms with Crippen LogP contribution < -0.4 is 5.32 Å². The third-order valence-electron chi connectivity index (χ3n) is 3.11. The van der Waals surface area contributed by atoms with Gasteiger partial charge < -0.3 is 9.88 Å². The van der Waals surface area contributed by atoms with Crippen LogP contribution in [0.3, 0.4) is 0 Å². The van der Waals surface area contributed by atoms with Gasteiger partial charge in [0.1, 0.15) is 0 Å². The van der Waals surface area contributed by atoms with E-state index < -0.39 is 0 Å². The van der Waals surface area contributed by atoms with E-state index in [1.165, 1.54) is 0 Å². The number of aryl methyl sites for hydroxylation is 1. The van der Waals surface area contributed by atoms with Gasteiger partial charge in [0.25, 0.3) is 5.91 Å². The number of hydrogen-bond donors (Lipinski definition) is 1. The number of carbonyl (C=O) groups excluding carboxylic acids is 1. The topological polar surface area (TPSA) is 34.0 Å². The van der Waals surface area contributed by atoms with Gasteiger partial charge in [0.2, 0.25) is 0 Å². The quantitative estimate of drug-likeness (QED) is 0.907. The molecule has 0 bridgehead atoms. The van der Waals surface area contributed by atoms with Crippen LogP contribution in [0.1, 0.15) is 23.2 Å². The number of halogens is 1. The highest BCUT2D eigenvalue weighted by molar-refractivity contribution is 9.10. The summed E-state index contributed by atoms with van der Waals surface area (Å²) in [6, 6.07) is 6.38. The van der Waals surface area contributed by atoms with Crippen LogP contribution in [0.25, 0.3) is 10.9 Å². The molecule has 0 atom stereocenters. The standard InChI is InChI=1S/C13H13BrN2O/c1-16-7-11(13(17)15-9-3-4-9)10-5-2-8(14)6-12(10)16/h2,5-7,9H,3-4H2,1H3,(H,15,17). The first-order valence-electron chi connectivity index (χ1n) is 5.70. The van der Waals surface area contributed by atoms with Gasteiger partial charge in [-0.05, 0) is 25.0 Å². The second-order valence-corrected chi connectivity index (χ2v) is 5.48. The van der Waals surface area contributed by atoms with Crippen LogP contribution >= 0.6 is 15.9 Å². The molecule has 0 unspecified atom stereocenters. The van der Waals surface area contributed by atoms with Gasteiger partial charge in [0.05, 0.1) is 5.56 Å². The third kappa shape index (κ3) is 1.97. The Hall–Kier alpha value is -1.29. The molecule has 1 aromatic heterocycles. The number of nitrogens with one attached hydrogen (secondary N) is 1. The summed E-state index contributed by atoms with van der Waals surface area (Å²) in [7, 11) is 1.96. The first kappa shape index (κ1) is 10.8. The molecule has 1 heterocycles. The molecule has 1 N–H and O–H groups in total. The Morgan fingerprint density at radius 2 is 2.24 bits per heavy atom. The number of nitrogens with zero attached hydrogens (tertiary/aromatic N) is 1. The van der Waals surface area contributed by atoms with Crippen molar-refractivity contribution in [3.63, 3.8) is 0 Å². The zero-order valence-corrected chi connectivity index (χ0v) is 11.1.